The molecule has 1 atom stereocenters. The topological polar surface area (TPSA) is 12.0 Å². The van der Waals surface area contributed by atoms with Gasteiger partial charge in [-0.3, -0.25) is 0 Å². The Labute approximate surface area is 352 Å². The van der Waals surface area contributed by atoms with Crippen molar-refractivity contribution in [1.29, 1.82) is 0 Å². The first-order valence-electron chi connectivity index (χ1n) is 23.8. The van der Waals surface area contributed by atoms with Crippen LogP contribution in [-0.2, 0) is 5.41 Å². The number of allylic oxidation sites excluding steroid dienone is 12. The van der Waals surface area contributed by atoms with Crippen LogP contribution in [0.4, 0.5) is 11.4 Å². The number of hydrogen-bond donors (Lipinski definition) is 1. The summed E-state index contributed by atoms with van der Waals surface area (Å²) in [7, 11) is 0. The first kappa shape index (κ1) is 40.7. The zero-order chi connectivity index (χ0) is 40.1. The van der Waals surface area contributed by atoms with Gasteiger partial charge in [0.15, 0.2) is 0 Å². The van der Waals surface area contributed by atoms with Crippen LogP contribution in [0.25, 0.3) is 22.3 Å². The van der Waals surface area contributed by atoms with E-state index >= 15 is 0 Å². The minimum Gasteiger partial charge on any atom is -0.356 e. The van der Waals surface area contributed by atoms with Gasteiger partial charge < -0.3 is 5.32 Å². The molecule has 3 aromatic rings. The molecule has 1 unspecified atom stereocenters. The van der Waals surface area contributed by atoms with Gasteiger partial charge in [0.2, 0.25) is 0 Å². The summed E-state index contributed by atoms with van der Waals surface area (Å²) in [4.78, 5) is 0. The number of benzene rings is 3. The summed E-state index contributed by atoms with van der Waals surface area (Å²) in [5.41, 5.74) is 21.2. The summed E-state index contributed by atoms with van der Waals surface area (Å²) in [5, 5.41) is 3.73. The summed E-state index contributed by atoms with van der Waals surface area (Å²) in [6.07, 6.45) is 36.8. The number of rotatable bonds is 18. The van der Waals surface area contributed by atoms with Gasteiger partial charge in [0.05, 0.1) is 0 Å². The van der Waals surface area contributed by atoms with E-state index in [1.807, 2.05) is 0 Å². The maximum absolute atomic E-state index is 3.73. The fourth-order valence-electron chi connectivity index (χ4n) is 11.1. The minimum atomic E-state index is 0.100. The molecular weight excluding hydrogens is 699 g/mol. The average Bonchev–Trinajstić information content (AvgIpc) is 3.52. The molecule has 0 saturated heterocycles. The molecule has 0 heterocycles. The average molecular weight is 770 g/mol. The largest absolute Gasteiger partial charge is 0.356 e. The first-order chi connectivity index (χ1) is 28.4. The highest BCUT2D eigenvalue weighted by atomic mass is 14.9. The lowest BCUT2D eigenvalue weighted by Crippen LogP contribution is -2.27. The normalized spacial score (nSPS) is 19.5. The molecule has 1 N–H and O–H groups in total. The molecule has 0 bridgehead atoms. The van der Waals surface area contributed by atoms with E-state index in [0.29, 0.717) is 5.41 Å². The summed E-state index contributed by atoms with van der Waals surface area (Å²) < 4.78 is 0. The quantitative estimate of drug-likeness (QED) is 0.127. The number of unbranched alkanes of at least 4 members (excludes halogenated alkanes) is 6. The Morgan fingerprint density at radius 1 is 0.655 bits per heavy atom. The standard InChI is InChI=1S/C57H71N/c1-6-10-12-14-35-57(36-15-13-11-7-2)54-39-47(42-23-29-49(30-24-42)56(5,8-3)9-4)27-33-52(54)53-34-28-48(40-55(53)57)43-25-31-50(32-26-43)58-51-18-16-17-44(38-51)46-22-20-41-19-21-45(41)37-46/h16-18,22-23,25-26,28-29,31-32,34,37-41,58H,6-15,19-21,24,27,30,33,35-36H2,1-5H3. The van der Waals surface area contributed by atoms with E-state index < -0.39 is 0 Å². The predicted molar refractivity (Wildman–Crippen MR) is 253 cm³/mol. The van der Waals surface area contributed by atoms with E-state index in [4.69, 9.17) is 0 Å². The molecule has 0 spiro atoms. The molecule has 0 aromatic heterocycles. The van der Waals surface area contributed by atoms with Gasteiger partial charge >= 0.3 is 0 Å². The molecule has 1 saturated carbocycles. The number of nitrogens with one attached hydrogen (secondary N) is 1. The molecule has 5 aliphatic carbocycles. The van der Waals surface area contributed by atoms with Crippen LogP contribution < -0.4 is 5.32 Å². The lowest BCUT2D eigenvalue weighted by Gasteiger charge is -2.36. The van der Waals surface area contributed by atoms with Gasteiger partial charge in [0, 0.05) is 16.8 Å². The number of anilines is 2. The zero-order valence-electron chi connectivity index (χ0n) is 36.7. The molecule has 58 heavy (non-hydrogen) atoms. The van der Waals surface area contributed by atoms with Crippen molar-refractivity contribution in [3.63, 3.8) is 0 Å². The molecule has 5 aliphatic rings. The summed E-state index contributed by atoms with van der Waals surface area (Å²) in [5.74, 6) is 0.813. The molecule has 1 heteroatoms. The Balaban J connectivity index is 1.09. The van der Waals surface area contributed by atoms with Gasteiger partial charge in [-0.05, 0) is 168 Å². The van der Waals surface area contributed by atoms with Crippen LogP contribution in [0.2, 0.25) is 0 Å². The van der Waals surface area contributed by atoms with E-state index in [1.54, 1.807) is 44.6 Å². The van der Waals surface area contributed by atoms with Crippen molar-refractivity contribution in [2.45, 2.75) is 162 Å². The third kappa shape index (κ3) is 8.22. The van der Waals surface area contributed by atoms with Crippen molar-refractivity contribution < 1.29 is 0 Å². The van der Waals surface area contributed by atoms with E-state index in [0.717, 1.165) is 17.3 Å². The second-order valence-corrected chi connectivity index (χ2v) is 18.8. The Kier molecular flexibility index (Phi) is 12.6. The Morgan fingerprint density at radius 2 is 1.40 bits per heavy atom. The monoisotopic (exact) mass is 770 g/mol. The maximum Gasteiger partial charge on any atom is 0.0390 e. The minimum absolute atomic E-state index is 0.100. The smallest absolute Gasteiger partial charge is 0.0390 e. The first-order valence-corrected chi connectivity index (χ1v) is 23.8. The molecule has 8 rings (SSSR count). The van der Waals surface area contributed by atoms with Gasteiger partial charge in [-0.15, -0.1) is 0 Å². The van der Waals surface area contributed by atoms with Crippen molar-refractivity contribution >= 4 is 22.5 Å². The second kappa shape index (κ2) is 18.0. The second-order valence-electron chi connectivity index (χ2n) is 18.8. The Morgan fingerprint density at radius 3 is 2.05 bits per heavy atom. The fourth-order valence-corrected chi connectivity index (χ4v) is 11.1. The highest BCUT2D eigenvalue weighted by molar-refractivity contribution is 5.87. The van der Waals surface area contributed by atoms with Crippen molar-refractivity contribution in [2.24, 2.45) is 11.3 Å². The molecule has 1 nitrogen and oxygen atoms in total. The zero-order valence-corrected chi connectivity index (χ0v) is 36.7. The molecule has 0 radical (unpaired) electrons. The molecule has 0 aliphatic heterocycles. The van der Waals surface area contributed by atoms with Crippen LogP contribution in [0.1, 0.15) is 173 Å². The molecular formula is C57H71N. The van der Waals surface area contributed by atoms with Gasteiger partial charge in [0.1, 0.15) is 0 Å². The fraction of sp³-hybridized carbons (Fsp3) is 0.474. The summed E-state index contributed by atoms with van der Waals surface area (Å²) in [6, 6.07) is 25.8. The van der Waals surface area contributed by atoms with Crippen LogP contribution in [-0.4, -0.2) is 0 Å². The van der Waals surface area contributed by atoms with Crippen molar-refractivity contribution in [1.82, 2.24) is 0 Å². The third-order valence-corrected chi connectivity index (χ3v) is 15.4. The number of hydrogen-bond acceptors (Lipinski definition) is 1. The van der Waals surface area contributed by atoms with Crippen LogP contribution in [0.3, 0.4) is 0 Å². The van der Waals surface area contributed by atoms with E-state index in [-0.39, 0.29) is 5.41 Å². The molecule has 0 amide bonds. The van der Waals surface area contributed by atoms with Gasteiger partial charge in [-0.25, -0.2) is 0 Å². The number of fused-ring (bicyclic) bond motifs is 3. The van der Waals surface area contributed by atoms with Crippen LogP contribution in [0.15, 0.2) is 125 Å². The molecule has 3 aromatic carbocycles. The lowest BCUT2D eigenvalue weighted by molar-refractivity contribution is 0.354. The van der Waals surface area contributed by atoms with Gasteiger partial charge in [0.25, 0.3) is 0 Å². The highest BCUT2D eigenvalue weighted by Gasteiger charge is 2.44. The lowest BCUT2D eigenvalue weighted by atomic mass is 9.67. The van der Waals surface area contributed by atoms with Crippen LogP contribution in [0.5, 0.6) is 0 Å². The predicted octanol–water partition coefficient (Wildman–Crippen LogP) is 17.4. The van der Waals surface area contributed by atoms with E-state index in [1.165, 1.54) is 144 Å². The molecule has 304 valence electrons. The summed E-state index contributed by atoms with van der Waals surface area (Å²) >= 11 is 0. The third-order valence-electron chi connectivity index (χ3n) is 15.4. The van der Waals surface area contributed by atoms with Gasteiger partial charge in [-0.1, -0.05) is 164 Å². The SMILES string of the molecule is CCCCCCC1(CCCCCC)C2=C(CCC(C3=CC=C(C(C)(CC)CC)CC3)=C2)c2ccc(-c3ccc(Nc4cccc(C5=CCC6CCC6=C5)c4)cc3)cc21. The van der Waals surface area contributed by atoms with Crippen LogP contribution >= 0.6 is 0 Å². The van der Waals surface area contributed by atoms with E-state index in [2.05, 4.69) is 137 Å². The molecule has 1 fully saturated rings. The van der Waals surface area contributed by atoms with Gasteiger partial charge in [-0.2, -0.15) is 0 Å². The van der Waals surface area contributed by atoms with E-state index in [9.17, 15) is 0 Å². The van der Waals surface area contributed by atoms with Crippen molar-refractivity contribution in [3.8, 4) is 11.1 Å². The summed E-state index contributed by atoms with van der Waals surface area (Å²) in [6.45, 7) is 11.9. The van der Waals surface area contributed by atoms with Crippen molar-refractivity contribution in [2.75, 3.05) is 5.32 Å². The Bertz CT molecular complexity index is 2120. The van der Waals surface area contributed by atoms with Crippen LogP contribution in [0, 0.1) is 11.3 Å². The van der Waals surface area contributed by atoms with Crippen molar-refractivity contribution in [3.05, 3.63) is 142 Å². The maximum atomic E-state index is 3.73. The Hall–Kier alpha value is -4.10. The highest BCUT2D eigenvalue weighted by Crippen LogP contribution is 2.57.